The largest absolute Gasteiger partial charge is 0.372 e. The predicted molar refractivity (Wildman–Crippen MR) is 119 cm³/mol. The first-order chi connectivity index (χ1) is 14.4. The number of benzene rings is 1. The summed E-state index contributed by atoms with van der Waals surface area (Å²) in [5.74, 6) is 0.820. The van der Waals surface area contributed by atoms with E-state index in [4.69, 9.17) is 4.74 Å². The second kappa shape index (κ2) is 8.40. The number of morpholine rings is 1. The van der Waals surface area contributed by atoms with Crippen LogP contribution in [0.3, 0.4) is 0 Å². The molecule has 1 fully saturated rings. The van der Waals surface area contributed by atoms with Crippen LogP contribution >= 0.6 is 0 Å². The molecule has 1 saturated heterocycles. The Hall–Kier alpha value is -2.99. The molecule has 0 spiro atoms. The van der Waals surface area contributed by atoms with Crippen LogP contribution in [0.1, 0.15) is 41.0 Å². The molecule has 0 unspecified atom stereocenters. The highest BCUT2D eigenvalue weighted by molar-refractivity contribution is 5.98. The Morgan fingerprint density at radius 1 is 1.13 bits per heavy atom. The van der Waals surface area contributed by atoms with Gasteiger partial charge in [0.15, 0.2) is 0 Å². The summed E-state index contributed by atoms with van der Waals surface area (Å²) < 4.78 is 5.79. The van der Waals surface area contributed by atoms with E-state index in [1.165, 1.54) is 0 Å². The van der Waals surface area contributed by atoms with E-state index in [9.17, 15) is 4.79 Å². The van der Waals surface area contributed by atoms with Crippen LogP contribution < -0.4 is 10.2 Å². The van der Waals surface area contributed by atoms with Gasteiger partial charge in [0, 0.05) is 31.2 Å². The molecule has 4 rings (SSSR count). The molecule has 0 aliphatic carbocycles. The fourth-order valence-electron chi connectivity index (χ4n) is 3.97. The number of fused-ring (bicyclic) bond motifs is 1. The summed E-state index contributed by atoms with van der Waals surface area (Å²) in [7, 11) is 0. The van der Waals surface area contributed by atoms with Gasteiger partial charge in [-0.25, -0.2) is 4.98 Å². The fraction of sp³-hybridized carbons (Fsp3) is 0.375. The van der Waals surface area contributed by atoms with Crippen molar-refractivity contribution in [2.24, 2.45) is 0 Å². The first kappa shape index (κ1) is 20.3. The Morgan fingerprint density at radius 3 is 2.60 bits per heavy atom. The minimum Gasteiger partial charge on any atom is -0.372 e. The summed E-state index contributed by atoms with van der Waals surface area (Å²) in [6, 6.07) is 12.0. The summed E-state index contributed by atoms with van der Waals surface area (Å²) in [5.41, 5.74) is 4.35. The van der Waals surface area contributed by atoms with Crippen LogP contribution in [0.4, 0.5) is 5.82 Å². The minimum absolute atomic E-state index is 0.122. The molecule has 2 aromatic heterocycles. The second-order valence-electron chi connectivity index (χ2n) is 8.19. The van der Waals surface area contributed by atoms with Crippen LogP contribution in [0.2, 0.25) is 0 Å². The van der Waals surface area contributed by atoms with Gasteiger partial charge >= 0.3 is 0 Å². The van der Waals surface area contributed by atoms with Crippen molar-refractivity contribution in [2.75, 3.05) is 18.0 Å². The third-order valence-corrected chi connectivity index (χ3v) is 5.41. The summed E-state index contributed by atoms with van der Waals surface area (Å²) in [5, 5.41) is 3.97. The molecule has 156 valence electrons. The summed E-state index contributed by atoms with van der Waals surface area (Å²) in [6.07, 6.45) is 2.21. The molecule has 3 heterocycles. The van der Waals surface area contributed by atoms with Crippen LogP contribution in [0.15, 0.2) is 42.6 Å². The van der Waals surface area contributed by atoms with E-state index in [1.54, 1.807) is 0 Å². The van der Waals surface area contributed by atoms with E-state index in [2.05, 4.69) is 40.1 Å². The Morgan fingerprint density at radius 2 is 1.90 bits per heavy atom. The second-order valence-corrected chi connectivity index (χ2v) is 8.19. The van der Waals surface area contributed by atoms with E-state index in [-0.39, 0.29) is 18.1 Å². The number of amides is 1. The van der Waals surface area contributed by atoms with Gasteiger partial charge in [-0.3, -0.25) is 9.78 Å². The number of anilines is 1. The molecule has 3 aromatic rings. The third kappa shape index (κ3) is 4.44. The van der Waals surface area contributed by atoms with Crippen molar-refractivity contribution < 1.29 is 9.53 Å². The van der Waals surface area contributed by atoms with Crippen molar-refractivity contribution in [3.05, 3.63) is 65.0 Å². The zero-order valence-corrected chi connectivity index (χ0v) is 18.0. The molecule has 1 aromatic carbocycles. The first-order valence-corrected chi connectivity index (χ1v) is 10.4. The number of hydrogen-bond acceptors (Lipinski definition) is 5. The highest BCUT2D eigenvalue weighted by Crippen LogP contribution is 2.20. The van der Waals surface area contributed by atoms with Gasteiger partial charge in [0.1, 0.15) is 5.82 Å². The number of hydrogen-bond donors (Lipinski definition) is 1. The average molecular weight is 405 g/mol. The lowest BCUT2D eigenvalue weighted by Gasteiger charge is -2.36. The third-order valence-electron chi connectivity index (χ3n) is 5.41. The first-order valence-electron chi connectivity index (χ1n) is 10.4. The molecule has 6 nitrogen and oxygen atoms in total. The number of aromatic nitrogens is 2. The van der Waals surface area contributed by atoms with Crippen molar-refractivity contribution in [3.63, 3.8) is 0 Å². The topological polar surface area (TPSA) is 67.4 Å². The zero-order valence-electron chi connectivity index (χ0n) is 18.0. The lowest BCUT2D eigenvalue weighted by Crippen LogP contribution is -2.45. The van der Waals surface area contributed by atoms with E-state index < -0.39 is 0 Å². The number of pyridine rings is 2. The van der Waals surface area contributed by atoms with Crippen LogP contribution in [0.25, 0.3) is 10.9 Å². The molecule has 1 N–H and O–H groups in total. The Labute approximate surface area is 177 Å². The maximum atomic E-state index is 12.8. The van der Waals surface area contributed by atoms with Gasteiger partial charge < -0.3 is 15.0 Å². The number of rotatable bonds is 4. The zero-order chi connectivity index (χ0) is 21.3. The van der Waals surface area contributed by atoms with Crippen molar-refractivity contribution in [3.8, 4) is 0 Å². The van der Waals surface area contributed by atoms with E-state index in [1.807, 2.05) is 50.4 Å². The highest BCUT2D eigenvalue weighted by atomic mass is 16.5. The predicted octanol–water partition coefficient (Wildman–Crippen LogP) is 3.79. The van der Waals surface area contributed by atoms with Gasteiger partial charge in [-0.05, 0) is 57.5 Å². The molecule has 0 saturated carbocycles. The summed E-state index contributed by atoms with van der Waals surface area (Å²) >= 11 is 0. The normalized spacial score (nSPS) is 19.1. The van der Waals surface area contributed by atoms with E-state index in [0.717, 1.165) is 46.6 Å². The van der Waals surface area contributed by atoms with Crippen molar-refractivity contribution in [1.29, 1.82) is 0 Å². The van der Waals surface area contributed by atoms with Gasteiger partial charge in [-0.1, -0.05) is 17.7 Å². The molecule has 6 heteroatoms. The maximum Gasteiger partial charge on any atom is 0.253 e. The van der Waals surface area contributed by atoms with Gasteiger partial charge in [-0.15, -0.1) is 0 Å². The lowest BCUT2D eigenvalue weighted by molar-refractivity contribution is -0.00546. The number of nitrogens with zero attached hydrogens (tertiary/aromatic N) is 3. The molecule has 0 bridgehead atoms. The minimum atomic E-state index is -0.122. The monoisotopic (exact) mass is 404 g/mol. The number of ether oxygens (including phenoxy) is 1. The van der Waals surface area contributed by atoms with Crippen molar-refractivity contribution in [2.45, 2.75) is 46.4 Å². The Balaban J connectivity index is 1.43. The smallest absolute Gasteiger partial charge is 0.253 e. The Bertz CT molecular complexity index is 1050. The molecule has 1 aliphatic rings. The number of carbonyl (C=O) groups is 1. The standard InChI is InChI=1S/C24H28N4O2/c1-15-5-7-22-20(9-15)10-21(18(4)27-22)24(29)26-12-19-6-8-23(25-11-19)28-13-16(2)30-17(3)14-28/h5-11,16-17H,12-14H2,1-4H3,(H,26,29)/t16-,17+. The average Bonchev–Trinajstić information content (AvgIpc) is 2.71. The fourth-order valence-corrected chi connectivity index (χ4v) is 3.97. The summed E-state index contributed by atoms with van der Waals surface area (Å²) in [6.45, 7) is 10.2. The van der Waals surface area contributed by atoms with Crippen LogP contribution in [-0.4, -0.2) is 41.2 Å². The number of aryl methyl sites for hydroxylation is 2. The van der Waals surface area contributed by atoms with Crippen LogP contribution in [0.5, 0.6) is 0 Å². The number of carbonyl (C=O) groups excluding carboxylic acids is 1. The molecule has 2 atom stereocenters. The van der Waals surface area contributed by atoms with Crippen molar-refractivity contribution in [1.82, 2.24) is 15.3 Å². The molecular formula is C24H28N4O2. The quantitative estimate of drug-likeness (QED) is 0.717. The summed E-state index contributed by atoms with van der Waals surface area (Å²) in [4.78, 5) is 24.2. The molecule has 30 heavy (non-hydrogen) atoms. The highest BCUT2D eigenvalue weighted by Gasteiger charge is 2.23. The molecule has 1 aliphatic heterocycles. The van der Waals surface area contributed by atoms with Crippen LogP contribution in [0, 0.1) is 13.8 Å². The van der Waals surface area contributed by atoms with E-state index in [0.29, 0.717) is 12.1 Å². The van der Waals surface area contributed by atoms with Crippen molar-refractivity contribution >= 4 is 22.6 Å². The van der Waals surface area contributed by atoms with E-state index >= 15 is 0 Å². The van der Waals surface area contributed by atoms with Crippen LogP contribution in [-0.2, 0) is 11.3 Å². The van der Waals surface area contributed by atoms with Gasteiger partial charge in [0.05, 0.1) is 29.0 Å². The molecular weight excluding hydrogens is 376 g/mol. The van der Waals surface area contributed by atoms with Gasteiger partial charge in [-0.2, -0.15) is 0 Å². The SMILES string of the molecule is Cc1ccc2nc(C)c(C(=O)NCc3ccc(N4C[C@@H](C)O[C@@H](C)C4)nc3)cc2c1. The number of nitrogens with one attached hydrogen (secondary N) is 1. The Kier molecular flexibility index (Phi) is 5.68. The van der Waals surface area contributed by atoms with Gasteiger partial charge in [0.25, 0.3) is 5.91 Å². The molecule has 0 radical (unpaired) electrons. The van der Waals surface area contributed by atoms with Gasteiger partial charge in [0.2, 0.25) is 0 Å². The lowest BCUT2D eigenvalue weighted by atomic mass is 10.1. The molecule has 1 amide bonds. The maximum absolute atomic E-state index is 12.8.